The summed E-state index contributed by atoms with van der Waals surface area (Å²) in [7, 11) is 1.86. The minimum absolute atomic E-state index is 0.589. The van der Waals surface area contributed by atoms with Crippen LogP contribution in [0.1, 0.15) is 45.1 Å². The van der Waals surface area contributed by atoms with Crippen molar-refractivity contribution in [1.82, 2.24) is 20.4 Å². The second kappa shape index (κ2) is 12.7. The van der Waals surface area contributed by atoms with Crippen LogP contribution in [-0.2, 0) is 6.54 Å². The second-order valence-electron chi connectivity index (χ2n) is 7.37. The van der Waals surface area contributed by atoms with Crippen LogP contribution in [0.2, 0.25) is 0 Å². The minimum Gasteiger partial charge on any atom is -0.356 e. The van der Waals surface area contributed by atoms with E-state index in [2.05, 4.69) is 69.6 Å². The molecule has 1 saturated heterocycles. The maximum atomic E-state index is 4.39. The van der Waals surface area contributed by atoms with Crippen LogP contribution in [0.4, 0.5) is 0 Å². The largest absolute Gasteiger partial charge is 0.356 e. The highest BCUT2D eigenvalue weighted by Crippen LogP contribution is 2.19. The van der Waals surface area contributed by atoms with E-state index in [0.29, 0.717) is 6.04 Å². The van der Waals surface area contributed by atoms with Gasteiger partial charge in [-0.05, 0) is 57.4 Å². The molecule has 0 bridgehead atoms. The van der Waals surface area contributed by atoms with Gasteiger partial charge in [0.2, 0.25) is 0 Å². The third-order valence-electron chi connectivity index (χ3n) is 5.54. The molecule has 0 amide bonds. The maximum Gasteiger partial charge on any atom is 0.191 e. The third-order valence-corrected chi connectivity index (χ3v) is 5.54. The number of hydrogen-bond donors (Lipinski definition) is 2. The first-order valence-corrected chi connectivity index (χ1v) is 10.7. The summed E-state index contributed by atoms with van der Waals surface area (Å²) in [6.45, 7) is 12.1. The number of unbranched alkanes of at least 4 members (excludes halogenated alkanes) is 1. The van der Waals surface area contributed by atoms with Crippen LogP contribution in [0.15, 0.2) is 35.3 Å². The first kappa shape index (κ1) is 21.7. The standard InChI is InChI=1S/C22H39N5/c1-4-26(5-2)16-10-9-15-24-22(23-3)25-18-21-14-11-17-27(21)19-20-12-7-6-8-13-20/h6-8,12-13,21H,4-5,9-11,14-19H2,1-3H3,(H2,23,24,25). The van der Waals surface area contributed by atoms with E-state index in [9.17, 15) is 0 Å². The molecule has 1 aromatic carbocycles. The number of hydrogen-bond acceptors (Lipinski definition) is 3. The lowest BCUT2D eigenvalue weighted by atomic mass is 10.2. The molecule has 0 radical (unpaired) electrons. The van der Waals surface area contributed by atoms with Crippen LogP contribution in [0.3, 0.4) is 0 Å². The van der Waals surface area contributed by atoms with Gasteiger partial charge in [-0.1, -0.05) is 44.2 Å². The van der Waals surface area contributed by atoms with Gasteiger partial charge >= 0.3 is 0 Å². The monoisotopic (exact) mass is 373 g/mol. The Balaban J connectivity index is 1.65. The fourth-order valence-corrected chi connectivity index (χ4v) is 3.79. The lowest BCUT2D eigenvalue weighted by molar-refractivity contribution is 0.245. The maximum absolute atomic E-state index is 4.39. The molecule has 5 nitrogen and oxygen atoms in total. The summed E-state index contributed by atoms with van der Waals surface area (Å²) in [6.07, 6.45) is 4.97. The Labute approximate surface area is 166 Å². The summed E-state index contributed by atoms with van der Waals surface area (Å²) in [5.74, 6) is 0.935. The van der Waals surface area contributed by atoms with Gasteiger partial charge in [-0.15, -0.1) is 0 Å². The lowest BCUT2D eigenvalue weighted by Gasteiger charge is -2.25. The van der Waals surface area contributed by atoms with Crippen LogP contribution in [0.25, 0.3) is 0 Å². The zero-order valence-electron chi connectivity index (χ0n) is 17.6. The summed E-state index contributed by atoms with van der Waals surface area (Å²) >= 11 is 0. The Hall–Kier alpha value is -1.59. The van der Waals surface area contributed by atoms with Crippen LogP contribution in [-0.4, -0.2) is 68.1 Å². The first-order valence-electron chi connectivity index (χ1n) is 10.7. The number of rotatable bonds is 11. The summed E-state index contributed by atoms with van der Waals surface area (Å²) < 4.78 is 0. The molecule has 1 aliphatic heterocycles. The molecule has 1 atom stereocenters. The first-order chi connectivity index (χ1) is 13.3. The second-order valence-corrected chi connectivity index (χ2v) is 7.37. The Morgan fingerprint density at radius 2 is 1.93 bits per heavy atom. The molecule has 1 unspecified atom stereocenters. The molecule has 2 rings (SSSR count). The van der Waals surface area contributed by atoms with E-state index in [-0.39, 0.29) is 0 Å². The van der Waals surface area contributed by atoms with Gasteiger partial charge in [0.1, 0.15) is 0 Å². The fourth-order valence-electron chi connectivity index (χ4n) is 3.79. The summed E-state index contributed by atoms with van der Waals surface area (Å²) in [6, 6.07) is 11.4. The van der Waals surface area contributed by atoms with E-state index in [1.54, 1.807) is 0 Å². The highest BCUT2D eigenvalue weighted by molar-refractivity contribution is 5.79. The van der Waals surface area contributed by atoms with Crippen LogP contribution < -0.4 is 10.6 Å². The topological polar surface area (TPSA) is 42.9 Å². The number of nitrogens with zero attached hydrogens (tertiary/aromatic N) is 3. The van der Waals surface area contributed by atoms with Crippen molar-refractivity contribution < 1.29 is 0 Å². The molecule has 1 aromatic rings. The minimum atomic E-state index is 0.589. The van der Waals surface area contributed by atoms with Crippen molar-refractivity contribution in [3.05, 3.63) is 35.9 Å². The van der Waals surface area contributed by atoms with Crippen molar-refractivity contribution >= 4 is 5.96 Å². The molecule has 1 aliphatic rings. The van der Waals surface area contributed by atoms with Gasteiger partial charge in [0.25, 0.3) is 0 Å². The summed E-state index contributed by atoms with van der Waals surface area (Å²) in [5.41, 5.74) is 1.40. The molecule has 5 heteroatoms. The van der Waals surface area contributed by atoms with E-state index < -0.39 is 0 Å². The van der Waals surface area contributed by atoms with Gasteiger partial charge in [-0.25, -0.2) is 0 Å². The van der Waals surface area contributed by atoms with Crippen molar-refractivity contribution in [2.75, 3.05) is 46.3 Å². The molecule has 0 aromatic heterocycles. The van der Waals surface area contributed by atoms with Gasteiger partial charge < -0.3 is 15.5 Å². The smallest absolute Gasteiger partial charge is 0.191 e. The Bertz CT molecular complexity index is 527. The summed E-state index contributed by atoms with van der Waals surface area (Å²) in [5, 5.41) is 7.01. The molecule has 0 saturated carbocycles. The molecule has 1 heterocycles. The van der Waals surface area contributed by atoms with E-state index in [4.69, 9.17) is 0 Å². The van der Waals surface area contributed by atoms with Crippen molar-refractivity contribution in [2.24, 2.45) is 4.99 Å². The molecule has 1 fully saturated rings. The van der Waals surface area contributed by atoms with Crippen molar-refractivity contribution in [3.63, 3.8) is 0 Å². The summed E-state index contributed by atoms with van der Waals surface area (Å²) in [4.78, 5) is 9.47. The predicted octanol–water partition coefficient (Wildman–Crippen LogP) is 2.94. The zero-order valence-corrected chi connectivity index (χ0v) is 17.6. The van der Waals surface area contributed by atoms with Gasteiger partial charge in [-0.3, -0.25) is 9.89 Å². The average molecular weight is 374 g/mol. The molecular weight excluding hydrogens is 334 g/mol. The molecule has 0 aliphatic carbocycles. The highest BCUT2D eigenvalue weighted by Gasteiger charge is 2.24. The van der Waals surface area contributed by atoms with Crippen molar-refractivity contribution in [2.45, 2.75) is 52.1 Å². The van der Waals surface area contributed by atoms with Crippen LogP contribution in [0, 0.1) is 0 Å². The van der Waals surface area contributed by atoms with E-state index in [0.717, 1.165) is 38.7 Å². The number of aliphatic imine (C=N–C) groups is 1. The van der Waals surface area contributed by atoms with Crippen LogP contribution in [0.5, 0.6) is 0 Å². The third kappa shape index (κ3) is 7.89. The lowest BCUT2D eigenvalue weighted by Crippen LogP contribution is -2.45. The van der Waals surface area contributed by atoms with E-state index in [1.807, 2.05) is 7.05 Å². The van der Waals surface area contributed by atoms with E-state index >= 15 is 0 Å². The van der Waals surface area contributed by atoms with Crippen LogP contribution >= 0.6 is 0 Å². The quantitative estimate of drug-likeness (QED) is 0.356. The fraction of sp³-hybridized carbons (Fsp3) is 0.682. The van der Waals surface area contributed by atoms with Gasteiger partial charge in [0, 0.05) is 32.7 Å². The van der Waals surface area contributed by atoms with Crippen molar-refractivity contribution in [3.8, 4) is 0 Å². The number of likely N-dealkylation sites (tertiary alicyclic amines) is 1. The predicted molar refractivity (Wildman–Crippen MR) is 116 cm³/mol. The van der Waals surface area contributed by atoms with Crippen molar-refractivity contribution in [1.29, 1.82) is 0 Å². The molecule has 152 valence electrons. The molecule has 27 heavy (non-hydrogen) atoms. The Morgan fingerprint density at radius 1 is 1.15 bits per heavy atom. The van der Waals surface area contributed by atoms with Gasteiger partial charge in [0.15, 0.2) is 5.96 Å². The number of nitrogens with one attached hydrogen (secondary N) is 2. The Morgan fingerprint density at radius 3 is 2.63 bits per heavy atom. The normalized spacial score (nSPS) is 18.2. The number of guanidine groups is 1. The number of benzene rings is 1. The SMILES string of the molecule is CCN(CC)CCCCNC(=NC)NCC1CCCN1Cc1ccccc1. The molecule has 0 spiro atoms. The van der Waals surface area contributed by atoms with E-state index in [1.165, 1.54) is 44.3 Å². The molecule has 2 N–H and O–H groups in total. The molecular formula is C22H39N5. The zero-order chi connectivity index (χ0) is 19.3. The van der Waals surface area contributed by atoms with Gasteiger partial charge in [-0.2, -0.15) is 0 Å². The van der Waals surface area contributed by atoms with Gasteiger partial charge in [0.05, 0.1) is 0 Å². The Kier molecular flexibility index (Phi) is 10.2. The highest BCUT2D eigenvalue weighted by atomic mass is 15.2. The average Bonchev–Trinajstić information content (AvgIpc) is 3.14.